The van der Waals surface area contributed by atoms with Crippen molar-refractivity contribution in [3.8, 4) is 0 Å². The summed E-state index contributed by atoms with van der Waals surface area (Å²) in [7, 11) is 0. The van der Waals surface area contributed by atoms with Crippen LogP contribution in [0.25, 0.3) is 0 Å². The zero-order chi connectivity index (χ0) is 14.8. The van der Waals surface area contributed by atoms with Crippen molar-refractivity contribution in [2.75, 3.05) is 11.9 Å². The van der Waals surface area contributed by atoms with E-state index in [1.54, 1.807) is 12.1 Å². The number of anilines is 1. The maximum atomic E-state index is 12.0. The van der Waals surface area contributed by atoms with Gasteiger partial charge in [0, 0.05) is 12.6 Å². The number of hydrogen-bond acceptors (Lipinski definition) is 4. The molecular formula is C15H26N4O. The predicted octanol–water partition coefficient (Wildman–Crippen LogP) is 3.00. The Balaban J connectivity index is 2.42. The fraction of sp³-hybridized carbons (Fsp3) is 0.667. The molecule has 0 fully saturated rings. The first-order chi connectivity index (χ1) is 9.67. The van der Waals surface area contributed by atoms with Gasteiger partial charge in [-0.15, -0.1) is 10.2 Å². The Kier molecular flexibility index (Phi) is 7.62. The van der Waals surface area contributed by atoms with Crippen molar-refractivity contribution in [2.45, 2.75) is 58.9 Å². The predicted molar refractivity (Wildman–Crippen MR) is 81.9 cm³/mol. The van der Waals surface area contributed by atoms with E-state index in [-0.39, 0.29) is 11.9 Å². The number of carbonyl (C=O) groups excluding carboxylic acids is 1. The van der Waals surface area contributed by atoms with Crippen molar-refractivity contribution in [1.29, 1.82) is 0 Å². The third-order valence-electron chi connectivity index (χ3n) is 3.07. The van der Waals surface area contributed by atoms with E-state index in [1.807, 2.05) is 6.92 Å². The van der Waals surface area contributed by atoms with Gasteiger partial charge in [-0.25, -0.2) is 0 Å². The number of carbonyl (C=O) groups is 1. The molecular weight excluding hydrogens is 252 g/mol. The van der Waals surface area contributed by atoms with E-state index in [0.717, 1.165) is 25.8 Å². The average molecular weight is 278 g/mol. The summed E-state index contributed by atoms with van der Waals surface area (Å²) in [6, 6.07) is 3.67. The zero-order valence-corrected chi connectivity index (χ0v) is 12.8. The first kappa shape index (κ1) is 16.4. The van der Waals surface area contributed by atoms with Gasteiger partial charge in [-0.05, 0) is 31.9 Å². The van der Waals surface area contributed by atoms with Crippen molar-refractivity contribution in [2.24, 2.45) is 0 Å². The number of unbranched alkanes of at least 4 members (excludes halogenated alkanes) is 2. The summed E-state index contributed by atoms with van der Waals surface area (Å²) in [6.45, 7) is 7.14. The van der Waals surface area contributed by atoms with E-state index in [1.165, 1.54) is 12.8 Å². The van der Waals surface area contributed by atoms with E-state index < -0.39 is 0 Å². The summed E-state index contributed by atoms with van der Waals surface area (Å²) in [4.78, 5) is 12.0. The fourth-order valence-electron chi connectivity index (χ4n) is 1.87. The normalized spacial score (nSPS) is 11.9. The minimum atomic E-state index is -0.150. The first-order valence-corrected chi connectivity index (χ1v) is 7.55. The lowest BCUT2D eigenvalue weighted by molar-refractivity contribution is 0.0932. The smallest absolute Gasteiger partial charge is 0.272 e. The van der Waals surface area contributed by atoms with Crippen LogP contribution in [-0.4, -0.2) is 28.7 Å². The van der Waals surface area contributed by atoms with Gasteiger partial charge in [0.2, 0.25) is 0 Å². The maximum absolute atomic E-state index is 12.0. The van der Waals surface area contributed by atoms with Crippen LogP contribution in [0.2, 0.25) is 0 Å². The molecule has 20 heavy (non-hydrogen) atoms. The molecule has 0 bridgehead atoms. The molecule has 2 N–H and O–H groups in total. The summed E-state index contributed by atoms with van der Waals surface area (Å²) < 4.78 is 0. The SMILES string of the molecule is CCCCCC(C)NC(=O)c1ccc(NCCC)nn1. The van der Waals surface area contributed by atoms with Crippen molar-refractivity contribution < 1.29 is 4.79 Å². The molecule has 0 aliphatic heterocycles. The lowest BCUT2D eigenvalue weighted by Crippen LogP contribution is -2.33. The number of hydrogen-bond donors (Lipinski definition) is 2. The van der Waals surface area contributed by atoms with Gasteiger partial charge in [0.05, 0.1) is 0 Å². The van der Waals surface area contributed by atoms with Crippen molar-refractivity contribution >= 4 is 11.7 Å². The third-order valence-corrected chi connectivity index (χ3v) is 3.07. The quantitative estimate of drug-likeness (QED) is 0.681. The molecule has 0 aliphatic carbocycles. The highest BCUT2D eigenvalue weighted by molar-refractivity contribution is 5.92. The lowest BCUT2D eigenvalue weighted by Gasteiger charge is -2.13. The molecule has 0 spiro atoms. The maximum Gasteiger partial charge on any atom is 0.272 e. The van der Waals surface area contributed by atoms with Gasteiger partial charge < -0.3 is 10.6 Å². The van der Waals surface area contributed by atoms with Crippen LogP contribution in [-0.2, 0) is 0 Å². The van der Waals surface area contributed by atoms with Crippen LogP contribution in [0.5, 0.6) is 0 Å². The molecule has 0 saturated heterocycles. The van der Waals surface area contributed by atoms with E-state index in [2.05, 4.69) is 34.7 Å². The largest absolute Gasteiger partial charge is 0.369 e. The summed E-state index contributed by atoms with van der Waals surface area (Å²) in [6.07, 6.45) is 5.57. The molecule has 0 aliphatic rings. The van der Waals surface area contributed by atoms with Gasteiger partial charge in [-0.1, -0.05) is 33.1 Å². The summed E-state index contributed by atoms with van der Waals surface area (Å²) >= 11 is 0. The highest BCUT2D eigenvalue weighted by Gasteiger charge is 2.11. The molecule has 1 aromatic heterocycles. The average Bonchev–Trinajstić information content (AvgIpc) is 2.46. The van der Waals surface area contributed by atoms with Gasteiger partial charge in [0.1, 0.15) is 5.82 Å². The second kappa shape index (κ2) is 9.28. The number of aromatic nitrogens is 2. The third kappa shape index (κ3) is 5.99. The van der Waals surface area contributed by atoms with Gasteiger partial charge in [-0.2, -0.15) is 0 Å². The summed E-state index contributed by atoms with van der Waals surface area (Å²) in [5.74, 6) is 0.558. The molecule has 1 unspecified atom stereocenters. The first-order valence-electron chi connectivity index (χ1n) is 7.55. The van der Waals surface area contributed by atoms with Crippen LogP contribution in [0.15, 0.2) is 12.1 Å². The lowest BCUT2D eigenvalue weighted by atomic mass is 10.1. The molecule has 1 amide bonds. The Morgan fingerprint density at radius 2 is 2.00 bits per heavy atom. The highest BCUT2D eigenvalue weighted by Crippen LogP contribution is 2.05. The number of amides is 1. The molecule has 0 aromatic carbocycles. The zero-order valence-electron chi connectivity index (χ0n) is 12.8. The minimum absolute atomic E-state index is 0.150. The number of nitrogens with one attached hydrogen (secondary N) is 2. The van der Waals surface area contributed by atoms with E-state index >= 15 is 0 Å². The molecule has 1 atom stereocenters. The van der Waals surface area contributed by atoms with Crippen LogP contribution in [0.1, 0.15) is 63.4 Å². The second-order valence-corrected chi connectivity index (χ2v) is 5.10. The molecule has 112 valence electrons. The fourth-order valence-corrected chi connectivity index (χ4v) is 1.87. The standard InChI is InChI=1S/C15H26N4O/c1-4-6-7-8-12(3)17-15(20)13-9-10-14(19-18-13)16-11-5-2/h9-10,12H,4-8,11H2,1-3H3,(H,16,19)(H,17,20). The molecule has 1 aromatic rings. The topological polar surface area (TPSA) is 66.9 Å². The van der Waals surface area contributed by atoms with Crippen LogP contribution in [0.4, 0.5) is 5.82 Å². The summed E-state index contributed by atoms with van der Waals surface area (Å²) in [5, 5.41) is 14.0. The second-order valence-electron chi connectivity index (χ2n) is 5.10. The molecule has 5 nitrogen and oxygen atoms in total. The number of nitrogens with zero attached hydrogens (tertiary/aromatic N) is 2. The van der Waals surface area contributed by atoms with Gasteiger partial charge in [-0.3, -0.25) is 4.79 Å². The number of rotatable bonds is 9. The van der Waals surface area contributed by atoms with Crippen LogP contribution >= 0.6 is 0 Å². The molecule has 0 saturated carbocycles. The minimum Gasteiger partial charge on any atom is -0.369 e. The summed E-state index contributed by atoms with van der Waals surface area (Å²) in [5.41, 5.74) is 0.370. The van der Waals surface area contributed by atoms with Crippen molar-refractivity contribution in [3.63, 3.8) is 0 Å². The molecule has 0 radical (unpaired) electrons. The Hall–Kier alpha value is -1.65. The molecule has 5 heteroatoms. The van der Waals surface area contributed by atoms with Crippen LogP contribution in [0.3, 0.4) is 0 Å². The van der Waals surface area contributed by atoms with E-state index in [4.69, 9.17) is 0 Å². The van der Waals surface area contributed by atoms with Crippen LogP contribution in [0, 0.1) is 0 Å². The van der Waals surface area contributed by atoms with Crippen molar-refractivity contribution in [3.05, 3.63) is 17.8 Å². The Bertz CT molecular complexity index is 391. The van der Waals surface area contributed by atoms with Gasteiger partial charge in [0.25, 0.3) is 5.91 Å². The van der Waals surface area contributed by atoms with E-state index in [0.29, 0.717) is 11.5 Å². The van der Waals surface area contributed by atoms with Gasteiger partial charge in [0.15, 0.2) is 5.69 Å². The Labute approximate surface area is 121 Å². The van der Waals surface area contributed by atoms with E-state index in [9.17, 15) is 4.79 Å². The van der Waals surface area contributed by atoms with Gasteiger partial charge >= 0.3 is 0 Å². The highest BCUT2D eigenvalue weighted by atomic mass is 16.2. The Morgan fingerprint density at radius 3 is 2.60 bits per heavy atom. The Morgan fingerprint density at radius 1 is 1.20 bits per heavy atom. The van der Waals surface area contributed by atoms with Crippen LogP contribution < -0.4 is 10.6 Å². The monoisotopic (exact) mass is 278 g/mol. The molecule has 1 heterocycles. The van der Waals surface area contributed by atoms with Crippen molar-refractivity contribution in [1.82, 2.24) is 15.5 Å². The molecule has 1 rings (SSSR count).